The van der Waals surface area contributed by atoms with Gasteiger partial charge in [0.2, 0.25) is 5.91 Å². The van der Waals surface area contributed by atoms with E-state index < -0.39 is 36.4 Å². The van der Waals surface area contributed by atoms with E-state index in [2.05, 4.69) is 5.32 Å². The molecule has 0 spiro atoms. The van der Waals surface area contributed by atoms with Crippen LogP contribution in [0, 0.1) is 25.7 Å². The number of anilines is 1. The summed E-state index contributed by atoms with van der Waals surface area (Å²) in [5, 5.41) is 11.9. The fraction of sp³-hybridized carbons (Fsp3) is 0.500. The molecule has 1 aliphatic rings. The number of carbonyl (C=O) groups excluding carboxylic acids is 1. The van der Waals surface area contributed by atoms with Crippen molar-refractivity contribution in [2.45, 2.75) is 20.0 Å². The molecule has 5 nitrogen and oxygen atoms in total. The third kappa shape index (κ3) is 4.64. The Morgan fingerprint density at radius 2 is 1.96 bits per heavy atom. The van der Waals surface area contributed by atoms with Crippen LogP contribution in [0.25, 0.3) is 0 Å². The number of hydrogen-bond acceptors (Lipinski definition) is 3. The number of aryl methyl sites for hydroxylation is 2. The highest BCUT2D eigenvalue weighted by Gasteiger charge is 2.52. The smallest absolute Gasteiger partial charge is 0.393 e. The van der Waals surface area contributed by atoms with Crippen molar-refractivity contribution in [1.82, 2.24) is 4.90 Å². The number of carbonyl (C=O) groups is 2. The lowest BCUT2D eigenvalue weighted by Crippen LogP contribution is -2.34. The number of rotatable bonds is 4. The van der Waals surface area contributed by atoms with Gasteiger partial charge in [0.1, 0.15) is 0 Å². The molecular formula is C16H18ClF3N2O3. The normalized spacial score (nSPS) is 21.4. The highest BCUT2D eigenvalue weighted by Crippen LogP contribution is 2.37. The molecule has 0 unspecified atom stereocenters. The summed E-state index contributed by atoms with van der Waals surface area (Å²) in [4.78, 5) is 24.4. The maximum Gasteiger partial charge on any atom is 0.393 e. The number of alkyl halides is 3. The zero-order valence-corrected chi connectivity index (χ0v) is 14.4. The molecule has 0 radical (unpaired) electrons. The largest absolute Gasteiger partial charge is 0.481 e. The summed E-state index contributed by atoms with van der Waals surface area (Å²) in [5.74, 6) is -5.61. The molecule has 0 saturated carbocycles. The van der Waals surface area contributed by atoms with E-state index in [9.17, 15) is 22.8 Å². The van der Waals surface area contributed by atoms with Crippen LogP contribution in [0.2, 0.25) is 5.02 Å². The van der Waals surface area contributed by atoms with E-state index in [1.807, 2.05) is 13.0 Å². The summed E-state index contributed by atoms with van der Waals surface area (Å²) in [6.45, 7) is 2.42. The molecule has 9 heteroatoms. The number of amides is 1. The van der Waals surface area contributed by atoms with Gasteiger partial charge in [0.25, 0.3) is 0 Å². The van der Waals surface area contributed by atoms with E-state index in [0.717, 1.165) is 11.1 Å². The third-order valence-corrected chi connectivity index (χ3v) is 4.49. The van der Waals surface area contributed by atoms with E-state index >= 15 is 0 Å². The molecular weight excluding hydrogens is 361 g/mol. The SMILES string of the molecule is Cc1cc(C)c(NC(=O)CN2C[C@@H](C(F)(F)F)[C@H](C(=O)O)C2)c(Cl)c1. The molecule has 2 rings (SSSR count). The molecule has 0 aliphatic carbocycles. The second-order valence-corrected chi connectivity index (χ2v) is 6.68. The van der Waals surface area contributed by atoms with Crippen molar-refractivity contribution in [2.75, 3.05) is 25.0 Å². The van der Waals surface area contributed by atoms with Gasteiger partial charge in [-0.15, -0.1) is 0 Å². The van der Waals surface area contributed by atoms with Crippen LogP contribution in [0.1, 0.15) is 11.1 Å². The Labute approximate surface area is 147 Å². The van der Waals surface area contributed by atoms with Crippen molar-refractivity contribution in [2.24, 2.45) is 11.8 Å². The summed E-state index contributed by atoms with van der Waals surface area (Å²) in [6, 6.07) is 3.48. The Morgan fingerprint density at radius 1 is 1.32 bits per heavy atom. The first-order chi connectivity index (χ1) is 11.5. The Balaban J connectivity index is 2.06. The maximum atomic E-state index is 13.0. The number of carboxylic acid groups (broad SMARTS) is 1. The van der Waals surface area contributed by atoms with Gasteiger partial charge >= 0.3 is 12.1 Å². The van der Waals surface area contributed by atoms with Crippen LogP contribution in [0.5, 0.6) is 0 Å². The predicted molar refractivity (Wildman–Crippen MR) is 86.7 cm³/mol. The molecule has 138 valence electrons. The van der Waals surface area contributed by atoms with Gasteiger partial charge in [-0.3, -0.25) is 14.5 Å². The molecule has 25 heavy (non-hydrogen) atoms. The van der Waals surface area contributed by atoms with E-state index in [4.69, 9.17) is 16.7 Å². The first-order valence-electron chi connectivity index (χ1n) is 7.57. The van der Waals surface area contributed by atoms with Gasteiger partial charge < -0.3 is 10.4 Å². The Morgan fingerprint density at radius 3 is 2.44 bits per heavy atom. The minimum absolute atomic E-state index is 0.326. The van der Waals surface area contributed by atoms with Crippen molar-refractivity contribution in [3.05, 3.63) is 28.3 Å². The minimum atomic E-state index is -4.62. The molecule has 0 aromatic heterocycles. The summed E-state index contributed by atoms with van der Waals surface area (Å²) < 4.78 is 38.9. The van der Waals surface area contributed by atoms with E-state index in [1.54, 1.807) is 13.0 Å². The zero-order valence-electron chi connectivity index (χ0n) is 13.7. The number of likely N-dealkylation sites (tertiary alicyclic amines) is 1. The standard InChI is InChI=1S/C16H18ClF3N2O3/c1-8-3-9(2)14(12(17)4-8)21-13(23)7-22-5-10(15(24)25)11(6-22)16(18,19)20/h3-4,10-11H,5-7H2,1-2H3,(H,21,23)(H,24,25)/t10-,11-/m1/s1. The summed E-state index contributed by atoms with van der Waals surface area (Å²) >= 11 is 6.09. The fourth-order valence-electron chi connectivity index (χ4n) is 3.05. The van der Waals surface area contributed by atoms with Crippen molar-refractivity contribution in [3.63, 3.8) is 0 Å². The van der Waals surface area contributed by atoms with Crippen LogP contribution >= 0.6 is 11.6 Å². The number of nitrogens with one attached hydrogen (secondary N) is 1. The van der Waals surface area contributed by atoms with Crippen molar-refractivity contribution >= 4 is 29.2 Å². The van der Waals surface area contributed by atoms with Gasteiger partial charge in [-0.25, -0.2) is 0 Å². The molecule has 0 bridgehead atoms. The molecule has 2 atom stereocenters. The lowest BCUT2D eigenvalue weighted by molar-refractivity contribution is -0.188. The third-order valence-electron chi connectivity index (χ3n) is 4.20. The van der Waals surface area contributed by atoms with E-state index in [1.165, 1.54) is 4.90 Å². The van der Waals surface area contributed by atoms with Crippen LogP contribution in [0.15, 0.2) is 12.1 Å². The maximum absolute atomic E-state index is 13.0. The summed E-state index contributed by atoms with van der Waals surface area (Å²) in [7, 11) is 0. The first-order valence-corrected chi connectivity index (χ1v) is 7.95. The second kappa shape index (κ2) is 7.21. The van der Waals surface area contributed by atoms with Gasteiger partial charge in [0.05, 0.1) is 29.1 Å². The predicted octanol–water partition coefficient (Wildman–Crippen LogP) is 3.09. The summed E-state index contributed by atoms with van der Waals surface area (Å²) in [5.41, 5.74) is 2.05. The van der Waals surface area contributed by atoms with Gasteiger partial charge in [-0.2, -0.15) is 13.2 Å². The Hall–Kier alpha value is -1.80. The summed E-state index contributed by atoms with van der Waals surface area (Å²) in [6.07, 6.45) is -4.62. The zero-order chi connectivity index (χ0) is 18.9. The molecule has 1 saturated heterocycles. The van der Waals surface area contributed by atoms with E-state index in [-0.39, 0.29) is 13.1 Å². The molecule has 2 N–H and O–H groups in total. The number of benzene rings is 1. The van der Waals surface area contributed by atoms with Crippen molar-refractivity contribution in [3.8, 4) is 0 Å². The number of carboxylic acids is 1. The first kappa shape index (κ1) is 19.5. The lowest BCUT2D eigenvalue weighted by Gasteiger charge is -2.18. The quantitative estimate of drug-likeness (QED) is 0.844. The van der Waals surface area contributed by atoms with Crippen LogP contribution in [-0.2, 0) is 9.59 Å². The van der Waals surface area contributed by atoms with Gasteiger partial charge in [0.15, 0.2) is 0 Å². The lowest BCUT2D eigenvalue weighted by atomic mass is 9.96. The van der Waals surface area contributed by atoms with Crippen LogP contribution in [-0.4, -0.2) is 47.7 Å². The molecule has 1 aromatic rings. The highest BCUT2D eigenvalue weighted by molar-refractivity contribution is 6.34. The number of aliphatic carboxylic acids is 1. The van der Waals surface area contributed by atoms with Gasteiger partial charge in [-0.05, 0) is 31.0 Å². The number of hydrogen-bond donors (Lipinski definition) is 2. The van der Waals surface area contributed by atoms with Crippen molar-refractivity contribution in [1.29, 1.82) is 0 Å². The molecule has 1 aromatic carbocycles. The monoisotopic (exact) mass is 378 g/mol. The highest BCUT2D eigenvalue weighted by atomic mass is 35.5. The average molecular weight is 379 g/mol. The Bertz CT molecular complexity index is 671. The molecule has 1 heterocycles. The number of nitrogens with zero attached hydrogens (tertiary/aromatic N) is 1. The van der Waals surface area contributed by atoms with Gasteiger partial charge in [-0.1, -0.05) is 17.7 Å². The van der Waals surface area contributed by atoms with Crippen molar-refractivity contribution < 1.29 is 27.9 Å². The Kier molecular flexibility index (Phi) is 5.63. The average Bonchev–Trinajstić information content (AvgIpc) is 2.87. The van der Waals surface area contributed by atoms with Crippen LogP contribution < -0.4 is 5.32 Å². The second-order valence-electron chi connectivity index (χ2n) is 6.27. The fourth-order valence-corrected chi connectivity index (χ4v) is 3.42. The van der Waals surface area contributed by atoms with Crippen LogP contribution in [0.4, 0.5) is 18.9 Å². The molecule has 1 aliphatic heterocycles. The van der Waals surface area contributed by atoms with E-state index in [0.29, 0.717) is 10.7 Å². The minimum Gasteiger partial charge on any atom is -0.481 e. The van der Waals surface area contributed by atoms with Gasteiger partial charge in [0, 0.05) is 13.1 Å². The number of halogens is 4. The van der Waals surface area contributed by atoms with Crippen LogP contribution in [0.3, 0.4) is 0 Å². The topological polar surface area (TPSA) is 69.6 Å². The molecule has 1 amide bonds. The molecule has 1 fully saturated rings.